The summed E-state index contributed by atoms with van der Waals surface area (Å²) < 4.78 is 27.6. The van der Waals surface area contributed by atoms with Crippen LogP contribution in [0.4, 0.5) is 11.4 Å². The van der Waals surface area contributed by atoms with Crippen molar-refractivity contribution in [2.75, 3.05) is 10.0 Å². The van der Waals surface area contributed by atoms with Crippen LogP contribution in [0.2, 0.25) is 0 Å². The molecule has 0 atom stereocenters. The van der Waals surface area contributed by atoms with E-state index in [-0.39, 0.29) is 10.8 Å². The second-order valence-electron chi connectivity index (χ2n) is 6.98. The van der Waals surface area contributed by atoms with Gasteiger partial charge in [-0.25, -0.2) is 8.42 Å². The van der Waals surface area contributed by atoms with Gasteiger partial charge in [-0.05, 0) is 61.7 Å². The highest BCUT2D eigenvalue weighted by molar-refractivity contribution is 7.92. The fourth-order valence-corrected chi connectivity index (χ4v) is 3.91. The number of anilines is 2. The van der Waals surface area contributed by atoms with Crippen molar-refractivity contribution in [3.63, 3.8) is 0 Å². The molecule has 3 aromatic carbocycles. The zero-order valence-electron chi connectivity index (χ0n) is 16.5. The maximum Gasteiger partial charge on any atom is 0.261 e. The minimum absolute atomic E-state index is 0.0722. The molecule has 0 aliphatic rings. The van der Waals surface area contributed by atoms with E-state index in [4.69, 9.17) is 0 Å². The van der Waals surface area contributed by atoms with E-state index >= 15 is 0 Å². The van der Waals surface area contributed by atoms with Crippen molar-refractivity contribution in [1.29, 1.82) is 0 Å². The zero-order valence-corrected chi connectivity index (χ0v) is 17.3. The molecular formula is C23H24N2O3S. The first-order chi connectivity index (χ1) is 13.8. The zero-order chi connectivity index (χ0) is 20.9. The molecule has 3 aromatic rings. The van der Waals surface area contributed by atoms with Gasteiger partial charge in [-0.3, -0.25) is 9.52 Å². The average Bonchev–Trinajstić information content (AvgIpc) is 2.70. The van der Waals surface area contributed by atoms with Gasteiger partial charge in [-0.15, -0.1) is 0 Å². The molecule has 0 heterocycles. The molecule has 0 aliphatic carbocycles. The van der Waals surface area contributed by atoms with Gasteiger partial charge in [0.25, 0.3) is 10.0 Å². The molecule has 1 amide bonds. The topological polar surface area (TPSA) is 75.3 Å². The Bertz CT molecular complexity index is 1090. The Hall–Kier alpha value is -3.12. The molecule has 0 saturated carbocycles. The van der Waals surface area contributed by atoms with E-state index in [9.17, 15) is 13.2 Å². The molecule has 0 fully saturated rings. The fourth-order valence-electron chi connectivity index (χ4n) is 2.85. The Labute approximate surface area is 171 Å². The third-order valence-corrected chi connectivity index (χ3v) is 5.99. The van der Waals surface area contributed by atoms with Crippen molar-refractivity contribution in [3.05, 3.63) is 89.5 Å². The highest BCUT2D eigenvalue weighted by Gasteiger charge is 2.14. The first-order valence-corrected chi connectivity index (χ1v) is 10.9. The van der Waals surface area contributed by atoms with Crippen LogP contribution in [-0.4, -0.2) is 14.3 Å². The molecule has 0 unspecified atom stereocenters. The van der Waals surface area contributed by atoms with Gasteiger partial charge in [0.05, 0.1) is 4.90 Å². The summed E-state index contributed by atoms with van der Waals surface area (Å²) in [7, 11) is -3.65. The Morgan fingerprint density at radius 2 is 1.52 bits per heavy atom. The summed E-state index contributed by atoms with van der Waals surface area (Å²) in [5, 5.41) is 2.90. The van der Waals surface area contributed by atoms with Crippen LogP contribution in [-0.2, 0) is 21.2 Å². The highest BCUT2D eigenvalue weighted by atomic mass is 32.2. The standard InChI is InChI=1S/C23H24N2O3S/c1-17-7-12-20(13-8-17)25-29(27,28)21-14-9-19(10-15-21)11-16-23(26)24-22-6-4-3-5-18(22)2/h3-10,12-15,25H,11,16H2,1-2H3,(H,24,26). The van der Waals surface area contributed by atoms with E-state index in [0.29, 0.717) is 18.5 Å². The number of hydrogen-bond acceptors (Lipinski definition) is 3. The van der Waals surface area contributed by atoms with Crippen molar-refractivity contribution in [1.82, 2.24) is 0 Å². The van der Waals surface area contributed by atoms with Gasteiger partial charge in [0.2, 0.25) is 5.91 Å². The number of nitrogens with one attached hydrogen (secondary N) is 2. The Morgan fingerprint density at radius 3 is 2.17 bits per heavy atom. The quantitative estimate of drug-likeness (QED) is 0.596. The Balaban J connectivity index is 1.58. The molecule has 29 heavy (non-hydrogen) atoms. The molecule has 0 bridgehead atoms. The second-order valence-corrected chi connectivity index (χ2v) is 8.66. The molecule has 6 heteroatoms. The van der Waals surface area contributed by atoms with Crippen LogP contribution in [0.25, 0.3) is 0 Å². The summed E-state index contributed by atoms with van der Waals surface area (Å²) >= 11 is 0. The number of aryl methyl sites for hydroxylation is 3. The number of benzene rings is 3. The van der Waals surface area contributed by atoms with Gasteiger partial charge in [0, 0.05) is 17.8 Å². The van der Waals surface area contributed by atoms with Gasteiger partial charge < -0.3 is 5.32 Å². The summed E-state index contributed by atoms with van der Waals surface area (Å²) in [6, 6.07) is 21.4. The molecule has 150 valence electrons. The molecule has 0 spiro atoms. The fraction of sp³-hybridized carbons (Fsp3) is 0.174. The van der Waals surface area contributed by atoms with Crippen molar-refractivity contribution in [2.24, 2.45) is 0 Å². The third kappa shape index (κ3) is 5.68. The minimum atomic E-state index is -3.65. The summed E-state index contributed by atoms with van der Waals surface area (Å²) in [6.45, 7) is 3.89. The smallest absolute Gasteiger partial charge is 0.261 e. The number of rotatable bonds is 7. The van der Waals surface area contributed by atoms with E-state index in [2.05, 4.69) is 10.0 Å². The molecule has 3 rings (SSSR count). The van der Waals surface area contributed by atoms with E-state index < -0.39 is 10.0 Å². The van der Waals surface area contributed by atoms with Crippen LogP contribution in [0.1, 0.15) is 23.1 Å². The van der Waals surface area contributed by atoms with Crippen molar-refractivity contribution in [2.45, 2.75) is 31.6 Å². The number of carbonyl (C=O) groups is 1. The summed E-state index contributed by atoms with van der Waals surface area (Å²) in [6.07, 6.45) is 0.853. The summed E-state index contributed by atoms with van der Waals surface area (Å²) in [4.78, 5) is 12.4. The Kier molecular flexibility index (Phi) is 6.34. The number of para-hydroxylation sites is 1. The van der Waals surface area contributed by atoms with E-state index in [1.807, 2.05) is 50.2 Å². The van der Waals surface area contributed by atoms with Crippen LogP contribution in [0.15, 0.2) is 77.7 Å². The Morgan fingerprint density at radius 1 is 0.862 bits per heavy atom. The second kappa shape index (κ2) is 8.92. The first kappa shape index (κ1) is 20.6. The lowest BCUT2D eigenvalue weighted by atomic mass is 10.1. The van der Waals surface area contributed by atoms with Gasteiger partial charge in [-0.2, -0.15) is 0 Å². The van der Waals surface area contributed by atoms with Crippen LogP contribution >= 0.6 is 0 Å². The molecule has 2 N–H and O–H groups in total. The van der Waals surface area contributed by atoms with Gasteiger partial charge in [-0.1, -0.05) is 48.0 Å². The first-order valence-electron chi connectivity index (χ1n) is 9.37. The minimum Gasteiger partial charge on any atom is -0.326 e. The largest absolute Gasteiger partial charge is 0.326 e. The maximum atomic E-state index is 12.5. The number of sulfonamides is 1. The lowest BCUT2D eigenvalue weighted by molar-refractivity contribution is -0.116. The van der Waals surface area contributed by atoms with Crippen LogP contribution < -0.4 is 10.0 Å². The van der Waals surface area contributed by atoms with E-state index in [1.54, 1.807) is 36.4 Å². The summed E-state index contributed by atoms with van der Waals surface area (Å²) in [5.74, 6) is -0.0722. The number of hydrogen-bond donors (Lipinski definition) is 2. The van der Waals surface area contributed by atoms with Gasteiger partial charge in [0.15, 0.2) is 0 Å². The normalized spacial score (nSPS) is 11.1. The number of carbonyl (C=O) groups excluding carboxylic acids is 1. The molecule has 0 aliphatic heterocycles. The molecule has 0 aromatic heterocycles. The SMILES string of the molecule is Cc1ccc(NS(=O)(=O)c2ccc(CCC(=O)Nc3ccccc3C)cc2)cc1. The van der Waals surface area contributed by atoms with Crippen molar-refractivity contribution in [3.8, 4) is 0 Å². The van der Waals surface area contributed by atoms with Crippen LogP contribution in [0, 0.1) is 13.8 Å². The molecular weight excluding hydrogens is 384 g/mol. The van der Waals surface area contributed by atoms with Crippen LogP contribution in [0.5, 0.6) is 0 Å². The molecule has 0 radical (unpaired) electrons. The van der Waals surface area contributed by atoms with Crippen molar-refractivity contribution < 1.29 is 13.2 Å². The van der Waals surface area contributed by atoms with E-state index in [1.165, 1.54) is 0 Å². The number of amides is 1. The van der Waals surface area contributed by atoms with Crippen molar-refractivity contribution >= 4 is 27.3 Å². The predicted octanol–water partition coefficient (Wildman–Crippen LogP) is 4.68. The van der Waals surface area contributed by atoms with Gasteiger partial charge >= 0.3 is 0 Å². The van der Waals surface area contributed by atoms with Gasteiger partial charge in [0.1, 0.15) is 0 Å². The molecule has 5 nitrogen and oxygen atoms in total. The lowest BCUT2D eigenvalue weighted by Crippen LogP contribution is -2.14. The monoisotopic (exact) mass is 408 g/mol. The van der Waals surface area contributed by atoms with Crippen LogP contribution in [0.3, 0.4) is 0 Å². The predicted molar refractivity (Wildman–Crippen MR) is 117 cm³/mol. The highest BCUT2D eigenvalue weighted by Crippen LogP contribution is 2.18. The summed E-state index contributed by atoms with van der Waals surface area (Å²) in [5.41, 5.74) is 4.30. The third-order valence-electron chi connectivity index (χ3n) is 4.60. The van der Waals surface area contributed by atoms with E-state index in [0.717, 1.165) is 22.4 Å². The molecule has 0 saturated heterocycles. The lowest BCUT2D eigenvalue weighted by Gasteiger charge is -2.10. The average molecular weight is 409 g/mol. The maximum absolute atomic E-state index is 12.5.